The van der Waals surface area contributed by atoms with Crippen LogP contribution in [0.2, 0.25) is 0 Å². The number of aliphatic hydroxyl groups excluding tert-OH is 1. The summed E-state index contributed by atoms with van der Waals surface area (Å²) < 4.78 is 1.64. The van der Waals surface area contributed by atoms with Gasteiger partial charge >= 0.3 is 0 Å². The lowest BCUT2D eigenvalue weighted by Gasteiger charge is -2.14. The van der Waals surface area contributed by atoms with E-state index in [1.54, 1.807) is 17.7 Å². The Bertz CT molecular complexity index is 659. The first-order chi connectivity index (χ1) is 9.16. The molecule has 3 rings (SSSR count). The van der Waals surface area contributed by atoms with E-state index in [4.69, 9.17) is 0 Å². The van der Waals surface area contributed by atoms with E-state index in [0.717, 1.165) is 29.4 Å². The van der Waals surface area contributed by atoms with Crippen molar-refractivity contribution in [1.82, 2.24) is 4.57 Å². The monoisotopic (exact) mass is 258 g/mol. The van der Waals surface area contributed by atoms with Gasteiger partial charge in [0.1, 0.15) is 0 Å². The number of benzene rings is 1. The van der Waals surface area contributed by atoms with Gasteiger partial charge in [-0.1, -0.05) is 18.2 Å². The zero-order valence-corrected chi connectivity index (χ0v) is 11.0. The Morgan fingerprint density at radius 2 is 2.16 bits per heavy atom. The number of para-hydroxylation sites is 1. The van der Waals surface area contributed by atoms with Crippen molar-refractivity contribution >= 4 is 16.6 Å². The normalized spacial score (nSPS) is 16.5. The lowest BCUT2D eigenvalue weighted by atomic mass is 10.1. The minimum atomic E-state index is -0.317. The molecule has 1 aromatic carbocycles. The van der Waals surface area contributed by atoms with Crippen LogP contribution >= 0.6 is 0 Å². The lowest BCUT2D eigenvalue weighted by molar-refractivity contribution is 0.164. The second-order valence-corrected chi connectivity index (χ2v) is 5.26. The molecule has 1 unspecified atom stereocenters. The third-order valence-electron chi connectivity index (χ3n) is 3.82. The first-order valence-electron chi connectivity index (χ1n) is 6.67. The molecule has 0 saturated heterocycles. The highest BCUT2D eigenvalue weighted by Gasteiger charge is 2.29. The highest BCUT2D eigenvalue weighted by atomic mass is 16.3. The summed E-state index contributed by atoms with van der Waals surface area (Å²) in [7, 11) is 1.77. The van der Waals surface area contributed by atoms with Gasteiger partial charge in [0.15, 0.2) is 0 Å². The number of nitrogens with one attached hydrogen (secondary N) is 1. The number of fused-ring (bicyclic) bond motifs is 1. The Hall–Kier alpha value is -1.81. The van der Waals surface area contributed by atoms with E-state index in [0.29, 0.717) is 12.5 Å². The maximum absolute atomic E-state index is 11.9. The zero-order chi connectivity index (χ0) is 13.4. The van der Waals surface area contributed by atoms with Gasteiger partial charge in [0, 0.05) is 30.7 Å². The molecule has 19 heavy (non-hydrogen) atoms. The minimum Gasteiger partial charge on any atom is -0.391 e. The number of aryl methyl sites for hydroxylation is 1. The minimum absolute atomic E-state index is 0.0397. The number of anilines is 1. The topological polar surface area (TPSA) is 54.3 Å². The molecule has 1 aliphatic rings. The molecule has 4 nitrogen and oxygen atoms in total. The quantitative estimate of drug-likeness (QED) is 0.878. The molecule has 1 aliphatic carbocycles. The average molecular weight is 258 g/mol. The third kappa shape index (κ3) is 2.36. The molecule has 0 amide bonds. The Kier molecular flexibility index (Phi) is 3.03. The predicted octanol–water partition coefficient (Wildman–Crippen LogP) is 1.72. The van der Waals surface area contributed by atoms with Crippen LogP contribution in [-0.4, -0.2) is 22.3 Å². The SMILES string of the molecule is Cn1c(=O)cc(NCC(O)C2CC2)c2ccccc21. The second kappa shape index (κ2) is 4.70. The number of pyridine rings is 1. The standard InChI is InChI=1S/C15H18N2O2/c1-17-13-5-3-2-4-11(13)12(8-15(17)19)16-9-14(18)10-6-7-10/h2-5,8,10,14,16,18H,6-7,9H2,1H3. The van der Waals surface area contributed by atoms with E-state index in [9.17, 15) is 9.90 Å². The van der Waals surface area contributed by atoms with Crippen LogP contribution < -0.4 is 10.9 Å². The van der Waals surface area contributed by atoms with Gasteiger partial charge in [-0.2, -0.15) is 0 Å². The molecule has 1 atom stereocenters. The molecular weight excluding hydrogens is 240 g/mol. The summed E-state index contributed by atoms with van der Waals surface area (Å²) in [5.74, 6) is 0.435. The van der Waals surface area contributed by atoms with Crippen LogP contribution in [0.25, 0.3) is 10.9 Å². The van der Waals surface area contributed by atoms with Crippen molar-refractivity contribution in [2.24, 2.45) is 13.0 Å². The van der Waals surface area contributed by atoms with Gasteiger partial charge in [-0.3, -0.25) is 4.79 Å². The Morgan fingerprint density at radius 1 is 1.42 bits per heavy atom. The van der Waals surface area contributed by atoms with Crippen molar-refractivity contribution in [3.63, 3.8) is 0 Å². The number of nitrogens with zero attached hydrogens (tertiary/aromatic N) is 1. The van der Waals surface area contributed by atoms with E-state index < -0.39 is 0 Å². The van der Waals surface area contributed by atoms with Crippen molar-refractivity contribution < 1.29 is 5.11 Å². The summed E-state index contributed by atoms with van der Waals surface area (Å²) in [6.45, 7) is 0.502. The maximum Gasteiger partial charge on any atom is 0.252 e. The first kappa shape index (κ1) is 12.2. The van der Waals surface area contributed by atoms with Crippen LogP contribution in [0.5, 0.6) is 0 Å². The van der Waals surface area contributed by atoms with Crippen molar-refractivity contribution in [3.05, 3.63) is 40.7 Å². The van der Waals surface area contributed by atoms with E-state index in [2.05, 4.69) is 5.32 Å². The fourth-order valence-electron chi connectivity index (χ4n) is 2.42. The molecule has 4 heteroatoms. The van der Waals surface area contributed by atoms with Crippen molar-refractivity contribution in [3.8, 4) is 0 Å². The second-order valence-electron chi connectivity index (χ2n) is 5.26. The summed E-state index contributed by atoms with van der Waals surface area (Å²) in [4.78, 5) is 11.9. The molecule has 1 saturated carbocycles. The van der Waals surface area contributed by atoms with Gasteiger partial charge in [0.05, 0.1) is 11.6 Å². The van der Waals surface area contributed by atoms with Crippen molar-refractivity contribution in [2.75, 3.05) is 11.9 Å². The Labute approximate surface area is 111 Å². The van der Waals surface area contributed by atoms with Gasteiger partial charge < -0.3 is 15.0 Å². The Balaban J connectivity index is 1.93. The molecule has 1 fully saturated rings. The van der Waals surface area contributed by atoms with Crippen molar-refractivity contribution in [1.29, 1.82) is 0 Å². The smallest absolute Gasteiger partial charge is 0.252 e. The first-order valence-corrected chi connectivity index (χ1v) is 6.67. The van der Waals surface area contributed by atoms with Crippen LogP contribution in [0.3, 0.4) is 0 Å². The number of hydrogen-bond donors (Lipinski definition) is 2. The largest absolute Gasteiger partial charge is 0.391 e. The molecule has 0 radical (unpaired) electrons. The van der Waals surface area contributed by atoms with Gasteiger partial charge in [0.25, 0.3) is 5.56 Å². The molecular formula is C15H18N2O2. The summed E-state index contributed by atoms with van der Waals surface area (Å²) >= 11 is 0. The summed E-state index contributed by atoms with van der Waals surface area (Å²) in [5.41, 5.74) is 1.67. The summed E-state index contributed by atoms with van der Waals surface area (Å²) in [6, 6.07) is 9.39. The summed E-state index contributed by atoms with van der Waals surface area (Å²) in [5, 5.41) is 14.1. The average Bonchev–Trinajstić information content (AvgIpc) is 3.25. The van der Waals surface area contributed by atoms with Gasteiger partial charge in [-0.25, -0.2) is 0 Å². The van der Waals surface area contributed by atoms with E-state index in [-0.39, 0.29) is 11.7 Å². The Morgan fingerprint density at radius 3 is 2.89 bits per heavy atom. The third-order valence-corrected chi connectivity index (χ3v) is 3.82. The number of rotatable bonds is 4. The van der Waals surface area contributed by atoms with Gasteiger partial charge in [-0.15, -0.1) is 0 Å². The van der Waals surface area contributed by atoms with Crippen LogP contribution in [0.4, 0.5) is 5.69 Å². The zero-order valence-electron chi connectivity index (χ0n) is 11.0. The van der Waals surface area contributed by atoms with E-state index in [1.807, 2.05) is 24.3 Å². The van der Waals surface area contributed by atoms with E-state index >= 15 is 0 Å². The fourth-order valence-corrected chi connectivity index (χ4v) is 2.42. The van der Waals surface area contributed by atoms with Crippen molar-refractivity contribution in [2.45, 2.75) is 18.9 Å². The van der Waals surface area contributed by atoms with Crippen LogP contribution in [0, 0.1) is 5.92 Å². The number of hydrogen-bond acceptors (Lipinski definition) is 3. The van der Waals surface area contributed by atoms with Gasteiger partial charge in [-0.05, 0) is 24.8 Å². The molecule has 100 valence electrons. The van der Waals surface area contributed by atoms with Gasteiger partial charge in [0.2, 0.25) is 0 Å². The number of aromatic nitrogens is 1. The molecule has 1 aromatic heterocycles. The molecule has 2 N–H and O–H groups in total. The van der Waals surface area contributed by atoms with E-state index in [1.165, 1.54) is 0 Å². The molecule has 0 aliphatic heterocycles. The highest BCUT2D eigenvalue weighted by molar-refractivity contribution is 5.91. The predicted molar refractivity (Wildman–Crippen MR) is 76.4 cm³/mol. The molecule has 0 spiro atoms. The molecule has 1 heterocycles. The van der Waals surface area contributed by atoms with Crippen LogP contribution in [0.15, 0.2) is 35.1 Å². The fraction of sp³-hybridized carbons (Fsp3) is 0.400. The molecule has 0 bridgehead atoms. The maximum atomic E-state index is 11.9. The number of aliphatic hydroxyl groups is 1. The lowest BCUT2D eigenvalue weighted by Crippen LogP contribution is -2.23. The van der Waals surface area contributed by atoms with Crippen LogP contribution in [0.1, 0.15) is 12.8 Å². The summed E-state index contributed by atoms with van der Waals surface area (Å²) in [6.07, 6.45) is 1.91. The molecule has 2 aromatic rings. The highest BCUT2D eigenvalue weighted by Crippen LogP contribution is 2.32. The van der Waals surface area contributed by atoms with Crippen LogP contribution in [-0.2, 0) is 7.05 Å².